The van der Waals surface area contributed by atoms with E-state index in [-0.39, 0.29) is 5.82 Å². The first-order valence-electron chi connectivity index (χ1n) is 7.11. The van der Waals surface area contributed by atoms with Crippen LogP contribution in [0.2, 0.25) is 0 Å². The molecule has 1 N–H and O–H groups in total. The fourth-order valence-electron chi connectivity index (χ4n) is 3.08. The van der Waals surface area contributed by atoms with Crippen LogP contribution in [-0.4, -0.2) is 6.54 Å². The minimum absolute atomic E-state index is 0.118. The van der Waals surface area contributed by atoms with Crippen LogP contribution in [0.3, 0.4) is 0 Å². The lowest BCUT2D eigenvalue weighted by Gasteiger charge is -2.31. The predicted octanol–water partition coefficient (Wildman–Crippen LogP) is 4.28. The topological polar surface area (TPSA) is 12.0 Å². The van der Waals surface area contributed by atoms with E-state index < -0.39 is 0 Å². The second-order valence-corrected chi connectivity index (χ2v) is 5.60. The molecule has 1 aliphatic rings. The SMILES string of the molecule is CCNC(CC1CCC1)c1c(C)cc(F)cc1C. The smallest absolute Gasteiger partial charge is 0.123 e. The quantitative estimate of drug-likeness (QED) is 0.821. The summed E-state index contributed by atoms with van der Waals surface area (Å²) in [4.78, 5) is 0. The van der Waals surface area contributed by atoms with Gasteiger partial charge in [-0.15, -0.1) is 0 Å². The minimum Gasteiger partial charge on any atom is -0.310 e. The van der Waals surface area contributed by atoms with Crippen molar-refractivity contribution in [3.05, 3.63) is 34.6 Å². The Morgan fingerprint density at radius 2 is 1.89 bits per heavy atom. The number of rotatable bonds is 5. The van der Waals surface area contributed by atoms with Crippen molar-refractivity contribution in [2.24, 2.45) is 5.92 Å². The second kappa shape index (κ2) is 5.83. The summed E-state index contributed by atoms with van der Waals surface area (Å²) in [5.41, 5.74) is 3.47. The van der Waals surface area contributed by atoms with Crippen molar-refractivity contribution in [1.82, 2.24) is 5.32 Å². The molecule has 0 aromatic heterocycles. The van der Waals surface area contributed by atoms with E-state index in [1.54, 1.807) is 12.1 Å². The van der Waals surface area contributed by atoms with Crippen molar-refractivity contribution in [2.75, 3.05) is 6.54 Å². The molecule has 1 saturated carbocycles. The van der Waals surface area contributed by atoms with Crippen LogP contribution in [0.5, 0.6) is 0 Å². The molecule has 0 aliphatic heterocycles. The molecule has 1 atom stereocenters. The molecular formula is C16H24FN. The van der Waals surface area contributed by atoms with Crippen LogP contribution in [-0.2, 0) is 0 Å². The van der Waals surface area contributed by atoms with E-state index >= 15 is 0 Å². The Balaban J connectivity index is 2.23. The van der Waals surface area contributed by atoms with E-state index in [9.17, 15) is 4.39 Å². The lowest BCUT2D eigenvalue weighted by atomic mass is 9.78. The second-order valence-electron chi connectivity index (χ2n) is 5.60. The molecule has 1 aromatic rings. The van der Waals surface area contributed by atoms with Crippen LogP contribution in [0.25, 0.3) is 0 Å². The van der Waals surface area contributed by atoms with Crippen LogP contribution in [0.15, 0.2) is 12.1 Å². The molecule has 18 heavy (non-hydrogen) atoms. The third-order valence-corrected chi connectivity index (χ3v) is 4.15. The molecule has 1 aromatic carbocycles. The largest absolute Gasteiger partial charge is 0.310 e. The van der Waals surface area contributed by atoms with Gasteiger partial charge in [0.2, 0.25) is 0 Å². The average molecular weight is 249 g/mol. The normalized spacial score (nSPS) is 17.6. The Morgan fingerprint density at radius 1 is 1.28 bits per heavy atom. The van der Waals surface area contributed by atoms with E-state index in [0.29, 0.717) is 6.04 Å². The van der Waals surface area contributed by atoms with Crippen molar-refractivity contribution >= 4 is 0 Å². The van der Waals surface area contributed by atoms with Gasteiger partial charge in [0.05, 0.1) is 0 Å². The lowest BCUT2D eigenvalue weighted by molar-refractivity contribution is 0.261. The number of halogens is 1. The van der Waals surface area contributed by atoms with Gasteiger partial charge >= 0.3 is 0 Å². The van der Waals surface area contributed by atoms with Gasteiger partial charge in [0.25, 0.3) is 0 Å². The number of hydrogen-bond acceptors (Lipinski definition) is 1. The van der Waals surface area contributed by atoms with Gasteiger partial charge in [-0.25, -0.2) is 4.39 Å². The minimum atomic E-state index is -0.118. The van der Waals surface area contributed by atoms with Crippen LogP contribution < -0.4 is 5.32 Å². The summed E-state index contributed by atoms with van der Waals surface area (Å²) in [6, 6.07) is 3.71. The van der Waals surface area contributed by atoms with E-state index in [1.165, 1.54) is 31.2 Å². The van der Waals surface area contributed by atoms with Crippen molar-refractivity contribution in [3.63, 3.8) is 0 Å². The van der Waals surface area contributed by atoms with Crippen molar-refractivity contribution in [1.29, 1.82) is 0 Å². The number of nitrogens with one attached hydrogen (secondary N) is 1. The predicted molar refractivity (Wildman–Crippen MR) is 74.2 cm³/mol. The fraction of sp³-hybridized carbons (Fsp3) is 0.625. The zero-order chi connectivity index (χ0) is 13.1. The van der Waals surface area contributed by atoms with Crippen LogP contribution >= 0.6 is 0 Å². The average Bonchev–Trinajstić information content (AvgIpc) is 2.21. The Labute approximate surface area is 110 Å². The van der Waals surface area contributed by atoms with Crippen molar-refractivity contribution < 1.29 is 4.39 Å². The maximum absolute atomic E-state index is 13.4. The zero-order valence-electron chi connectivity index (χ0n) is 11.7. The van der Waals surface area contributed by atoms with E-state index in [1.807, 2.05) is 13.8 Å². The maximum Gasteiger partial charge on any atom is 0.123 e. The highest BCUT2D eigenvalue weighted by Crippen LogP contribution is 2.36. The molecule has 0 bridgehead atoms. The van der Waals surface area contributed by atoms with Gasteiger partial charge in [0.15, 0.2) is 0 Å². The molecule has 1 aliphatic carbocycles. The standard InChI is InChI=1S/C16H24FN/c1-4-18-15(10-13-6-5-7-13)16-11(2)8-14(17)9-12(16)3/h8-9,13,15,18H,4-7,10H2,1-3H3. The Bertz CT molecular complexity index is 387. The summed E-state index contributed by atoms with van der Waals surface area (Å²) in [6.45, 7) is 7.16. The summed E-state index contributed by atoms with van der Waals surface area (Å²) in [6.07, 6.45) is 5.30. The summed E-state index contributed by atoms with van der Waals surface area (Å²) < 4.78 is 13.4. The van der Waals surface area contributed by atoms with Crippen LogP contribution in [0.1, 0.15) is 55.3 Å². The molecule has 2 rings (SSSR count). The summed E-state index contributed by atoms with van der Waals surface area (Å²) in [5, 5.41) is 3.58. The van der Waals surface area contributed by atoms with Gasteiger partial charge in [-0.05, 0) is 61.6 Å². The van der Waals surface area contributed by atoms with Gasteiger partial charge in [0, 0.05) is 6.04 Å². The van der Waals surface area contributed by atoms with Gasteiger partial charge in [-0.3, -0.25) is 0 Å². The number of hydrogen-bond donors (Lipinski definition) is 1. The van der Waals surface area contributed by atoms with Crippen LogP contribution in [0.4, 0.5) is 4.39 Å². The third-order valence-electron chi connectivity index (χ3n) is 4.15. The molecule has 2 heteroatoms. The van der Waals surface area contributed by atoms with Gasteiger partial charge < -0.3 is 5.32 Å². The first kappa shape index (κ1) is 13.5. The molecule has 0 spiro atoms. The van der Waals surface area contributed by atoms with Crippen molar-refractivity contribution in [2.45, 2.75) is 52.5 Å². The Kier molecular flexibility index (Phi) is 4.39. The Morgan fingerprint density at radius 3 is 2.33 bits per heavy atom. The molecule has 100 valence electrons. The first-order valence-corrected chi connectivity index (χ1v) is 7.11. The molecule has 1 unspecified atom stereocenters. The lowest BCUT2D eigenvalue weighted by Crippen LogP contribution is -2.27. The summed E-state index contributed by atoms with van der Waals surface area (Å²) in [5.74, 6) is 0.741. The van der Waals surface area contributed by atoms with Gasteiger partial charge in [-0.1, -0.05) is 26.2 Å². The summed E-state index contributed by atoms with van der Waals surface area (Å²) in [7, 11) is 0. The summed E-state index contributed by atoms with van der Waals surface area (Å²) >= 11 is 0. The van der Waals surface area contributed by atoms with E-state index in [0.717, 1.165) is 23.6 Å². The van der Waals surface area contributed by atoms with Crippen LogP contribution in [0, 0.1) is 25.6 Å². The third kappa shape index (κ3) is 2.92. The highest BCUT2D eigenvalue weighted by molar-refractivity contribution is 5.37. The highest BCUT2D eigenvalue weighted by atomic mass is 19.1. The molecule has 1 fully saturated rings. The molecule has 0 saturated heterocycles. The highest BCUT2D eigenvalue weighted by Gasteiger charge is 2.24. The number of aryl methyl sites for hydroxylation is 2. The van der Waals surface area contributed by atoms with Gasteiger partial charge in [-0.2, -0.15) is 0 Å². The molecule has 1 nitrogen and oxygen atoms in total. The fourth-order valence-corrected chi connectivity index (χ4v) is 3.08. The first-order chi connectivity index (χ1) is 8.61. The monoisotopic (exact) mass is 249 g/mol. The Hall–Kier alpha value is -0.890. The van der Waals surface area contributed by atoms with Crippen molar-refractivity contribution in [3.8, 4) is 0 Å². The molecule has 0 radical (unpaired) electrons. The van der Waals surface area contributed by atoms with E-state index in [4.69, 9.17) is 0 Å². The maximum atomic E-state index is 13.4. The molecule has 0 heterocycles. The number of benzene rings is 1. The molecular weight excluding hydrogens is 225 g/mol. The molecule has 0 amide bonds. The van der Waals surface area contributed by atoms with E-state index in [2.05, 4.69) is 12.2 Å². The zero-order valence-corrected chi connectivity index (χ0v) is 11.7. The van der Waals surface area contributed by atoms with Gasteiger partial charge in [0.1, 0.15) is 5.82 Å².